The van der Waals surface area contributed by atoms with Crippen LogP contribution >= 0.6 is 0 Å². The fourth-order valence-corrected chi connectivity index (χ4v) is 3.31. The minimum absolute atomic E-state index is 0.130. The molecule has 1 fully saturated rings. The summed E-state index contributed by atoms with van der Waals surface area (Å²) in [5, 5.41) is 0.997. The Morgan fingerprint density at radius 3 is 2.74 bits per heavy atom. The first-order valence-corrected chi connectivity index (χ1v) is 9.76. The lowest BCUT2D eigenvalue weighted by molar-refractivity contribution is -0.132. The van der Waals surface area contributed by atoms with Crippen molar-refractivity contribution >= 4 is 17.6 Å². The zero-order chi connectivity index (χ0) is 19.8. The minimum atomic E-state index is 0.130. The molecule has 1 amide bonds. The van der Waals surface area contributed by atoms with E-state index in [4.69, 9.17) is 13.9 Å². The second kappa shape index (κ2) is 10.5. The monoisotopic (exact) mass is 375 g/mol. The summed E-state index contributed by atoms with van der Waals surface area (Å²) in [6, 6.07) is 2.48. The molecule has 27 heavy (non-hydrogen) atoms. The molecule has 0 spiro atoms. The molecule has 1 aromatic rings. The molecule has 1 aliphatic carbocycles. The molecule has 0 bridgehead atoms. The van der Waals surface area contributed by atoms with Crippen LogP contribution in [-0.4, -0.2) is 49.8 Å². The number of carbonyl (C=O) groups is 1. The van der Waals surface area contributed by atoms with Gasteiger partial charge in [0, 0.05) is 44.5 Å². The Morgan fingerprint density at radius 1 is 1.41 bits per heavy atom. The van der Waals surface area contributed by atoms with E-state index in [-0.39, 0.29) is 17.9 Å². The van der Waals surface area contributed by atoms with Crippen LogP contribution < -0.4 is 10.6 Å². The summed E-state index contributed by atoms with van der Waals surface area (Å²) >= 11 is 0. The number of hydrogen-bond acceptors (Lipinski definition) is 4. The van der Waals surface area contributed by atoms with Gasteiger partial charge in [-0.25, -0.2) is 0 Å². The molecule has 0 aromatic carbocycles. The molecule has 0 aliphatic heterocycles. The SMILES string of the molecule is C=C/C(COCCCOC)=c1/cco/c1=C/C(C)C(C)N(C(C)=O)C1CC1. The first-order chi connectivity index (χ1) is 13.0. The van der Waals surface area contributed by atoms with Crippen molar-refractivity contribution in [1.82, 2.24) is 4.90 Å². The summed E-state index contributed by atoms with van der Waals surface area (Å²) < 4.78 is 16.5. The third kappa shape index (κ3) is 6.08. The fourth-order valence-electron chi connectivity index (χ4n) is 3.31. The maximum atomic E-state index is 12.0. The Kier molecular flexibility index (Phi) is 8.32. The van der Waals surface area contributed by atoms with Crippen LogP contribution in [0, 0.1) is 5.92 Å². The van der Waals surface area contributed by atoms with Gasteiger partial charge in [-0.3, -0.25) is 4.79 Å². The van der Waals surface area contributed by atoms with Gasteiger partial charge in [-0.15, -0.1) is 0 Å². The number of ether oxygens (including phenoxy) is 2. The average Bonchev–Trinajstić information content (AvgIpc) is 3.36. The van der Waals surface area contributed by atoms with Crippen molar-refractivity contribution in [2.75, 3.05) is 26.9 Å². The third-order valence-electron chi connectivity index (χ3n) is 5.10. The van der Waals surface area contributed by atoms with Gasteiger partial charge in [-0.1, -0.05) is 19.6 Å². The number of methoxy groups -OCH3 is 1. The molecule has 2 rings (SSSR count). The third-order valence-corrected chi connectivity index (χ3v) is 5.10. The standard InChI is InChI=1S/C22H33NO4/c1-6-19(15-26-12-7-11-25-5)21-10-13-27-22(21)14-16(2)17(3)23(18(4)24)20-8-9-20/h6,10,13-14,16-17,20H,1,7-9,11-12,15H2,2-5H3/b21-19+,22-14+. The van der Waals surface area contributed by atoms with Crippen molar-refractivity contribution in [3.05, 3.63) is 35.6 Å². The largest absolute Gasteiger partial charge is 0.465 e. The molecule has 2 atom stereocenters. The summed E-state index contributed by atoms with van der Waals surface area (Å²) in [6.45, 7) is 11.6. The van der Waals surface area contributed by atoms with E-state index in [1.54, 1.807) is 20.3 Å². The second-order valence-electron chi connectivity index (χ2n) is 7.25. The number of carbonyl (C=O) groups excluding carboxylic acids is 1. The van der Waals surface area contributed by atoms with Gasteiger partial charge >= 0.3 is 0 Å². The molecular weight excluding hydrogens is 342 g/mol. The zero-order valence-electron chi connectivity index (χ0n) is 17.1. The molecule has 150 valence electrons. The number of rotatable bonds is 11. The van der Waals surface area contributed by atoms with Gasteiger partial charge in [0.25, 0.3) is 0 Å². The highest BCUT2D eigenvalue weighted by Gasteiger charge is 2.35. The van der Waals surface area contributed by atoms with Crippen LogP contribution in [0.25, 0.3) is 11.6 Å². The van der Waals surface area contributed by atoms with Crippen LogP contribution in [0.15, 0.2) is 29.4 Å². The second-order valence-corrected chi connectivity index (χ2v) is 7.25. The van der Waals surface area contributed by atoms with E-state index < -0.39 is 0 Å². The topological polar surface area (TPSA) is 51.9 Å². The van der Waals surface area contributed by atoms with Crippen molar-refractivity contribution < 1.29 is 18.7 Å². The molecule has 5 nitrogen and oxygen atoms in total. The smallest absolute Gasteiger partial charge is 0.219 e. The fraction of sp³-hybridized carbons (Fsp3) is 0.591. The number of nitrogens with zero attached hydrogens (tertiary/aromatic N) is 1. The van der Waals surface area contributed by atoms with Gasteiger partial charge in [0.05, 0.1) is 12.9 Å². The van der Waals surface area contributed by atoms with E-state index in [1.807, 2.05) is 17.0 Å². The zero-order valence-corrected chi connectivity index (χ0v) is 17.1. The summed E-state index contributed by atoms with van der Waals surface area (Å²) in [5.41, 5.74) is 1.81. The normalized spacial score (nSPS) is 18.1. The molecule has 0 radical (unpaired) electrons. The molecular formula is C22H33NO4. The highest BCUT2D eigenvalue weighted by Crippen LogP contribution is 2.30. The average molecular weight is 376 g/mol. The van der Waals surface area contributed by atoms with Crippen LogP contribution in [0.4, 0.5) is 0 Å². The minimum Gasteiger partial charge on any atom is -0.465 e. The lowest BCUT2D eigenvalue weighted by atomic mass is 10.0. The molecule has 1 aromatic heterocycles. The Balaban J connectivity index is 2.17. The molecule has 1 heterocycles. The van der Waals surface area contributed by atoms with Crippen molar-refractivity contribution in [1.29, 1.82) is 0 Å². The van der Waals surface area contributed by atoms with E-state index in [0.29, 0.717) is 25.9 Å². The van der Waals surface area contributed by atoms with E-state index in [9.17, 15) is 4.79 Å². The van der Waals surface area contributed by atoms with E-state index >= 15 is 0 Å². The van der Waals surface area contributed by atoms with Gasteiger partial charge in [0.2, 0.25) is 5.91 Å². The first-order valence-electron chi connectivity index (χ1n) is 9.76. The van der Waals surface area contributed by atoms with Crippen LogP contribution in [0.3, 0.4) is 0 Å². The van der Waals surface area contributed by atoms with Crippen molar-refractivity contribution in [2.24, 2.45) is 5.92 Å². The predicted octanol–water partition coefficient (Wildman–Crippen LogP) is 2.49. The van der Waals surface area contributed by atoms with E-state index in [0.717, 1.165) is 35.5 Å². The molecule has 5 heteroatoms. The van der Waals surface area contributed by atoms with Gasteiger partial charge < -0.3 is 18.8 Å². The Bertz CT molecular complexity index is 732. The first kappa shape index (κ1) is 21.5. The lowest BCUT2D eigenvalue weighted by Gasteiger charge is -2.31. The summed E-state index contributed by atoms with van der Waals surface area (Å²) in [6.07, 6.45) is 8.69. The van der Waals surface area contributed by atoms with E-state index in [1.165, 1.54) is 0 Å². The predicted molar refractivity (Wildman–Crippen MR) is 108 cm³/mol. The Morgan fingerprint density at radius 2 is 2.15 bits per heavy atom. The lowest BCUT2D eigenvalue weighted by Crippen LogP contribution is -2.42. The highest BCUT2D eigenvalue weighted by molar-refractivity contribution is 5.74. The van der Waals surface area contributed by atoms with Gasteiger partial charge in [-0.05, 0) is 49.8 Å². The summed E-state index contributed by atoms with van der Waals surface area (Å²) in [7, 11) is 1.69. The summed E-state index contributed by atoms with van der Waals surface area (Å²) in [4.78, 5) is 14.0. The van der Waals surface area contributed by atoms with Crippen LogP contribution in [0.1, 0.15) is 40.0 Å². The quantitative estimate of drug-likeness (QED) is 0.558. The van der Waals surface area contributed by atoms with E-state index in [2.05, 4.69) is 26.5 Å². The van der Waals surface area contributed by atoms with Crippen LogP contribution in [0.2, 0.25) is 0 Å². The maximum Gasteiger partial charge on any atom is 0.219 e. The Labute approximate surface area is 162 Å². The maximum absolute atomic E-state index is 12.0. The van der Waals surface area contributed by atoms with Crippen molar-refractivity contribution in [2.45, 2.75) is 52.1 Å². The number of hydrogen-bond donors (Lipinski definition) is 0. The van der Waals surface area contributed by atoms with Gasteiger partial charge in [0.1, 0.15) is 5.42 Å². The molecule has 0 saturated heterocycles. The molecule has 1 aliphatic rings. The van der Waals surface area contributed by atoms with Crippen molar-refractivity contribution in [3.8, 4) is 0 Å². The van der Waals surface area contributed by atoms with Gasteiger partial charge in [-0.2, -0.15) is 0 Å². The molecule has 1 saturated carbocycles. The Hall–Kier alpha value is -1.85. The van der Waals surface area contributed by atoms with Gasteiger partial charge in [0.15, 0.2) is 0 Å². The molecule has 0 N–H and O–H groups in total. The van der Waals surface area contributed by atoms with Crippen LogP contribution in [0.5, 0.6) is 0 Å². The molecule has 2 unspecified atom stereocenters. The van der Waals surface area contributed by atoms with Crippen LogP contribution in [-0.2, 0) is 14.3 Å². The highest BCUT2D eigenvalue weighted by atomic mass is 16.5. The number of amides is 1. The number of furan rings is 1. The summed E-state index contributed by atoms with van der Waals surface area (Å²) in [5.74, 6) is 0.320. The van der Waals surface area contributed by atoms with Crippen molar-refractivity contribution in [3.63, 3.8) is 0 Å².